The largest absolute Gasteiger partial charge is 0.497 e. The van der Waals surface area contributed by atoms with Gasteiger partial charge in [0.25, 0.3) is 0 Å². The first-order chi connectivity index (χ1) is 11.7. The van der Waals surface area contributed by atoms with E-state index >= 15 is 0 Å². The summed E-state index contributed by atoms with van der Waals surface area (Å²) in [5.74, 6) is 0.850. The number of nitrogens with zero attached hydrogens (tertiary/aromatic N) is 3. The van der Waals surface area contributed by atoms with Gasteiger partial charge in [-0.05, 0) is 36.8 Å². The van der Waals surface area contributed by atoms with Gasteiger partial charge < -0.3 is 4.74 Å². The number of carbonyl (C=O) groups excluding carboxylic acids is 1. The topological polar surface area (TPSA) is 55.3 Å². The Labute approximate surface area is 144 Å². The first-order valence-electron chi connectivity index (χ1n) is 7.86. The molecule has 0 aliphatic heterocycles. The summed E-state index contributed by atoms with van der Waals surface area (Å²) >= 11 is 1.49. The molecule has 0 N–H and O–H groups in total. The Balaban J connectivity index is 1.96. The fraction of sp³-hybridized carbons (Fsp3) is 0.278. The SMILES string of the molecule is CCCC(=O)N(Cc1ccccn1)c1nc2ccc(OC)cc2s1. The van der Waals surface area contributed by atoms with E-state index in [-0.39, 0.29) is 5.91 Å². The highest BCUT2D eigenvalue weighted by molar-refractivity contribution is 7.22. The molecule has 0 aliphatic rings. The Morgan fingerprint density at radius 2 is 2.17 bits per heavy atom. The zero-order chi connectivity index (χ0) is 16.9. The van der Waals surface area contributed by atoms with E-state index in [4.69, 9.17) is 4.74 Å². The fourth-order valence-electron chi connectivity index (χ4n) is 2.40. The van der Waals surface area contributed by atoms with Crippen LogP contribution in [-0.4, -0.2) is 23.0 Å². The maximum Gasteiger partial charge on any atom is 0.229 e. The molecule has 124 valence electrons. The summed E-state index contributed by atoms with van der Waals surface area (Å²) in [6, 6.07) is 11.4. The summed E-state index contributed by atoms with van der Waals surface area (Å²) in [6.07, 6.45) is 3.03. The summed E-state index contributed by atoms with van der Waals surface area (Å²) < 4.78 is 6.26. The van der Waals surface area contributed by atoms with Gasteiger partial charge in [-0.1, -0.05) is 24.3 Å². The number of hydrogen-bond donors (Lipinski definition) is 0. The first-order valence-corrected chi connectivity index (χ1v) is 8.67. The minimum atomic E-state index is 0.0641. The number of carbonyl (C=O) groups is 1. The average Bonchev–Trinajstić information content (AvgIpc) is 3.03. The Morgan fingerprint density at radius 1 is 1.29 bits per heavy atom. The number of anilines is 1. The van der Waals surface area contributed by atoms with E-state index in [2.05, 4.69) is 9.97 Å². The predicted octanol–water partition coefficient (Wildman–Crippen LogP) is 4.03. The van der Waals surface area contributed by atoms with Crippen molar-refractivity contribution >= 4 is 32.6 Å². The molecule has 0 radical (unpaired) electrons. The summed E-state index contributed by atoms with van der Waals surface area (Å²) in [5.41, 5.74) is 1.71. The number of ether oxygens (including phenoxy) is 1. The van der Waals surface area contributed by atoms with Crippen molar-refractivity contribution in [2.45, 2.75) is 26.3 Å². The van der Waals surface area contributed by atoms with Crippen LogP contribution in [0.3, 0.4) is 0 Å². The lowest BCUT2D eigenvalue weighted by Gasteiger charge is -2.19. The summed E-state index contributed by atoms with van der Waals surface area (Å²) in [6.45, 7) is 2.43. The Bertz CT molecular complexity index is 833. The summed E-state index contributed by atoms with van der Waals surface area (Å²) in [5, 5.41) is 0.697. The molecule has 0 unspecified atom stereocenters. The van der Waals surface area contributed by atoms with Crippen LogP contribution in [0.4, 0.5) is 5.13 Å². The standard InChI is InChI=1S/C18H19N3O2S/c1-3-6-17(22)21(12-13-7-4-5-10-19-13)18-20-15-9-8-14(23-2)11-16(15)24-18/h4-5,7-11H,3,6,12H2,1-2H3. The van der Waals surface area contributed by atoms with E-state index in [1.807, 2.05) is 43.3 Å². The monoisotopic (exact) mass is 341 g/mol. The molecule has 0 atom stereocenters. The third-order valence-corrected chi connectivity index (χ3v) is 4.67. The zero-order valence-corrected chi connectivity index (χ0v) is 14.5. The normalized spacial score (nSPS) is 10.8. The van der Waals surface area contributed by atoms with Gasteiger partial charge in [0.15, 0.2) is 5.13 Å². The number of rotatable bonds is 6. The van der Waals surface area contributed by atoms with Gasteiger partial charge in [0.1, 0.15) is 5.75 Å². The molecule has 1 amide bonds. The molecule has 6 heteroatoms. The maximum atomic E-state index is 12.6. The number of thiazole rings is 1. The number of aromatic nitrogens is 2. The second-order valence-corrected chi connectivity index (χ2v) is 6.39. The van der Waals surface area contributed by atoms with Crippen LogP contribution in [0.5, 0.6) is 5.75 Å². The number of hydrogen-bond acceptors (Lipinski definition) is 5. The zero-order valence-electron chi connectivity index (χ0n) is 13.7. The molecule has 0 spiro atoms. The first kappa shape index (κ1) is 16.4. The van der Waals surface area contributed by atoms with E-state index in [0.29, 0.717) is 18.1 Å². The number of fused-ring (bicyclic) bond motifs is 1. The van der Waals surface area contributed by atoms with E-state index < -0.39 is 0 Å². The summed E-state index contributed by atoms with van der Waals surface area (Å²) in [4.78, 5) is 23.3. The van der Waals surface area contributed by atoms with Crippen molar-refractivity contribution < 1.29 is 9.53 Å². The van der Waals surface area contributed by atoms with Crippen LogP contribution in [0.15, 0.2) is 42.6 Å². The van der Waals surface area contributed by atoms with Gasteiger partial charge in [-0.25, -0.2) is 4.98 Å². The van der Waals surface area contributed by atoms with Crippen LogP contribution >= 0.6 is 11.3 Å². The maximum absolute atomic E-state index is 12.6. The van der Waals surface area contributed by atoms with Crippen LogP contribution in [0.2, 0.25) is 0 Å². The Hall–Kier alpha value is -2.47. The molecule has 0 aliphatic carbocycles. The van der Waals surface area contributed by atoms with E-state index in [0.717, 1.165) is 28.1 Å². The van der Waals surface area contributed by atoms with Crippen molar-refractivity contribution in [3.63, 3.8) is 0 Å². The van der Waals surface area contributed by atoms with Crippen molar-refractivity contribution in [2.24, 2.45) is 0 Å². The minimum Gasteiger partial charge on any atom is -0.497 e. The van der Waals surface area contributed by atoms with Crippen molar-refractivity contribution in [1.82, 2.24) is 9.97 Å². The molecule has 2 aromatic heterocycles. The van der Waals surface area contributed by atoms with Gasteiger partial charge in [-0.3, -0.25) is 14.7 Å². The molecule has 0 bridgehead atoms. The fourth-order valence-corrected chi connectivity index (χ4v) is 3.41. The third-order valence-electron chi connectivity index (χ3n) is 3.63. The third kappa shape index (κ3) is 3.54. The highest BCUT2D eigenvalue weighted by atomic mass is 32.1. The van der Waals surface area contributed by atoms with E-state index in [9.17, 15) is 4.79 Å². The molecule has 2 heterocycles. The molecular weight excluding hydrogens is 322 g/mol. The van der Waals surface area contributed by atoms with Gasteiger partial charge in [-0.15, -0.1) is 0 Å². The van der Waals surface area contributed by atoms with Gasteiger partial charge >= 0.3 is 0 Å². The summed E-state index contributed by atoms with van der Waals surface area (Å²) in [7, 11) is 1.64. The molecule has 1 aromatic carbocycles. The number of methoxy groups -OCH3 is 1. The lowest BCUT2D eigenvalue weighted by molar-refractivity contribution is -0.118. The van der Waals surface area contributed by atoms with Gasteiger partial charge in [0, 0.05) is 12.6 Å². The predicted molar refractivity (Wildman–Crippen MR) is 96.5 cm³/mol. The lowest BCUT2D eigenvalue weighted by atomic mass is 10.3. The van der Waals surface area contributed by atoms with Crippen LogP contribution in [0.25, 0.3) is 10.2 Å². The van der Waals surface area contributed by atoms with Gasteiger partial charge in [0.05, 0.1) is 29.6 Å². The van der Waals surface area contributed by atoms with Crippen LogP contribution in [0, 0.1) is 0 Å². The quantitative estimate of drug-likeness (QED) is 0.679. The van der Waals surface area contributed by atoms with E-state index in [1.54, 1.807) is 18.2 Å². The van der Waals surface area contributed by atoms with Crippen LogP contribution in [0.1, 0.15) is 25.5 Å². The second kappa shape index (κ2) is 7.40. The van der Waals surface area contributed by atoms with Crippen molar-refractivity contribution in [1.29, 1.82) is 0 Å². The lowest BCUT2D eigenvalue weighted by Crippen LogP contribution is -2.30. The van der Waals surface area contributed by atoms with Gasteiger partial charge in [0.2, 0.25) is 5.91 Å². The van der Waals surface area contributed by atoms with Crippen LogP contribution in [-0.2, 0) is 11.3 Å². The molecule has 0 saturated carbocycles. The Kier molecular flexibility index (Phi) is 5.05. The molecule has 3 aromatic rings. The molecule has 3 rings (SSSR count). The second-order valence-electron chi connectivity index (χ2n) is 5.38. The van der Waals surface area contributed by atoms with Crippen molar-refractivity contribution in [2.75, 3.05) is 12.0 Å². The van der Waals surface area contributed by atoms with Crippen molar-refractivity contribution in [3.8, 4) is 5.75 Å². The smallest absolute Gasteiger partial charge is 0.229 e. The number of benzene rings is 1. The minimum absolute atomic E-state index is 0.0641. The molecular formula is C18H19N3O2S. The highest BCUT2D eigenvalue weighted by Gasteiger charge is 2.20. The van der Waals surface area contributed by atoms with Crippen LogP contribution < -0.4 is 9.64 Å². The number of pyridine rings is 1. The van der Waals surface area contributed by atoms with Crippen molar-refractivity contribution in [3.05, 3.63) is 48.3 Å². The number of amides is 1. The molecule has 24 heavy (non-hydrogen) atoms. The van der Waals surface area contributed by atoms with Gasteiger partial charge in [-0.2, -0.15) is 0 Å². The average molecular weight is 341 g/mol. The molecule has 5 nitrogen and oxygen atoms in total. The van der Waals surface area contributed by atoms with E-state index in [1.165, 1.54) is 11.3 Å². The molecule has 0 saturated heterocycles. The highest BCUT2D eigenvalue weighted by Crippen LogP contribution is 2.32. The Morgan fingerprint density at radius 3 is 2.88 bits per heavy atom. The molecule has 0 fully saturated rings.